The van der Waals surface area contributed by atoms with Crippen LogP contribution in [0.15, 0.2) is 192 Å². The van der Waals surface area contributed by atoms with Gasteiger partial charge in [-0.2, -0.15) is 0 Å². The zero-order chi connectivity index (χ0) is 34.9. The number of hydrogen-bond acceptors (Lipinski definition) is 2. The highest BCUT2D eigenvalue weighted by Gasteiger charge is 2.16. The van der Waals surface area contributed by atoms with E-state index in [2.05, 4.69) is 197 Å². The fourth-order valence-corrected chi connectivity index (χ4v) is 8.05. The molecule has 0 saturated carbocycles. The van der Waals surface area contributed by atoms with Gasteiger partial charge in [0.05, 0.1) is 22.1 Å². The molecule has 11 rings (SSSR count). The Labute approximate surface area is 305 Å². The number of rotatable bonds is 5. The van der Waals surface area contributed by atoms with Crippen LogP contribution in [-0.2, 0) is 0 Å². The van der Waals surface area contributed by atoms with Gasteiger partial charge in [0.2, 0.25) is 5.89 Å². The van der Waals surface area contributed by atoms with E-state index in [1.165, 1.54) is 49.2 Å². The van der Waals surface area contributed by atoms with Crippen LogP contribution in [0.1, 0.15) is 0 Å². The van der Waals surface area contributed by atoms with Gasteiger partial charge in [-0.1, -0.05) is 103 Å². The third kappa shape index (κ3) is 4.73. The number of para-hydroxylation sites is 4. The van der Waals surface area contributed by atoms with E-state index in [-0.39, 0.29) is 0 Å². The van der Waals surface area contributed by atoms with Gasteiger partial charge in [0, 0.05) is 38.5 Å². The molecule has 0 aliphatic rings. The average Bonchev–Trinajstić information content (AvgIpc) is 3.91. The van der Waals surface area contributed by atoms with Crippen LogP contribution in [0.2, 0.25) is 0 Å². The third-order valence-electron chi connectivity index (χ3n) is 10.6. The average molecular weight is 678 g/mol. The van der Waals surface area contributed by atoms with Crippen molar-refractivity contribution in [1.82, 2.24) is 14.1 Å². The maximum absolute atomic E-state index is 6.41. The summed E-state index contributed by atoms with van der Waals surface area (Å²) < 4.78 is 11.1. The van der Waals surface area contributed by atoms with Gasteiger partial charge >= 0.3 is 0 Å². The Balaban J connectivity index is 0.929. The van der Waals surface area contributed by atoms with Crippen molar-refractivity contribution in [3.05, 3.63) is 188 Å². The molecule has 3 aromatic heterocycles. The second-order valence-electron chi connectivity index (χ2n) is 13.6. The molecule has 0 bridgehead atoms. The Kier molecular flexibility index (Phi) is 6.52. The van der Waals surface area contributed by atoms with Gasteiger partial charge in [-0.3, -0.25) is 0 Å². The van der Waals surface area contributed by atoms with E-state index >= 15 is 0 Å². The van der Waals surface area contributed by atoms with E-state index in [0.717, 1.165) is 44.7 Å². The summed E-state index contributed by atoms with van der Waals surface area (Å²) in [6, 6.07) is 66.7. The minimum Gasteiger partial charge on any atom is -0.436 e. The smallest absolute Gasteiger partial charge is 0.227 e. The standard InChI is InChI=1S/C49H31N3O/c1-3-11-37(12-4-1)51-44-17-9-7-15-39(44)41-29-34(24-27-46(41)51)32-19-21-33(22-20-32)49-50-43-26-23-36(31-48(43)53-49)35-25-28-47-42(30-35)40-16-8-10-18-45(40)52(47)38-13-5-2-6-14-38/h1-31H. The predicted molar refractivity (Wildman–Crippen MR) is 219 cm³/mol. The molecule has 4 heteroatoms. The third-order valence-corrected chi connectivity index (χ3v) is 10.6. The van der Waals surface area contributed by atoms with Crippen LogP contribution in [0.4, 0.5) is 0 Å². The fraction of sp³-hybridized carbons (Fsp3) is 0. The van der Waals surface area contributed by atoms with E-state index in [1.54, 1.807) is 0 Å². The van der Waals surface area contributed by atoms with Crippen molar-refractivity contribution in [2.75, 3.05) is 0 Å². The molecule has 0 fully saturated rings. The minimum atomic E-state index is 0.617. The number of oxazole rings is 1. The monoisotopic (exact) mass is 677 g/mol. The highest BCUT2D eigenvalue weighted by Crippen LogP contribution is 2.38. The molecule has 0 N–H and O–H groups in total. The first-order valence-corrected chi connectivity index (χ1v) is 18.0. The predicted octanol–water partition coefficient (Wildman–Crippen LogP) is 13.0. The Morgan fingerprint density at radius 2 is 0.774 bits per heavy atom. The lowest BCUT2D eigenvalue weighted by Gasteiger charge is -2.08. The van der Waals surface area contributed by atoms with Gasteiger partial charge in [-0.05, 0) is 107 Å². The van der Waals surface area contributed by atoms with E-state index in [4.69, 9.17) is 9.40 Å². The van der Waals surface area contributed by atoms with Crippen LogP contribution in [-0.4, -0.2) is 14.1 Å². The van der Waals surface area contributed by atoms with Crippen molar-refractivity contribution < 1.29 is 4.42 Å². The molecule has 8 aromatic carbocycles. The number of benzene rings is 8. The summed E-state index contributed by atoms with van der Waals surface area (Å²) >= 11 is 0. The quantitative estimate of drug-likeness (QED) is 0.182. The van der Waals surface area contributed by atoms with Crippen LogP contribution >= 0.6 is 0 Å². The van der Waals surface area contributed by atoms with Crippen molar-refractivity contribution in [1.29, 1.82) is 0 Å². The topological polar surface area (TPSA) is 35.9 Å². The van der Waals surface area contributed by atoms with Crippen molar-refractivity contribution >= 4 is 54.7 Å². The molecule has 0 amide bonds. The lowest BCUT2D eigenvalue weighted by atomic mass is 10.0. The second kappa shape index (κ2) is 11.7. The Hall–Kier alpha value is -7.17. The highest BCUT2D eigenvalue weighted by atomic mass is 16.3. The summed E-state index contributed by atoms with van der Waals surface area (Å²) in [5, 5.41) is 4.94. The molecule has 4 nitrogen and oxygen atoms in total. The van der Waals surface area contributed by atoms with Crippen LogP contribution in [0.25, 0.3) is 99.8 Å². The van der Waals surface area contributed by atoms with Gasteiger partial charge in [0.1, 0.15) is 5.52 Å². The van der Waals surface area contributed by atoms with Gasteiger partial charge in [0.25, 0.3) is 0 Å². The van der Waals surface area contributed by atoms with E-state index in [1.807, 2.05) is 0 Å². The zero-order valence-corrected chi connectivity index (χ0v) is 28.6. The molecule has 0 unspecified atom stereocenters. The molecule has 11 aromatic rings. The Bertz CT molecular complexity index is 3150. The SMILES string of the molecule is c1ccc(-n2c3ccccc3c3cc(-c4ccc(-c5nc6ccc(-c7ccc8c(c7)c7ccccc7n8-c7ccccc7)cc6o5)cc4)ccc32)cc1. The van der Waals surface area contributed by atoms with Crippen molar-refractivity contribution in [2.45, 2.75) is 0 Å². The summed E-state index contributed by atoms with van der Waals surface area (Å²) in [6.45, 7) is 0. The van der Waals surface area contributed by atoms with Gasteiger partial charge in [0.15, 0.2) is 5.58 Å². The van der Waals surface area contributed by atoms with Gasteiger partial charge < -0.3 is 13.6 Å². The maximum Gasteiger partial charge on any atom is 0.227 e. The molecule has 0 saturated heterocycles. The molecule has 0 spiro atoms. The van der Waals surface area contributed by atoms with E-state index in [0.29, 0.717) is 5.89 Å². The Morgan fingerprint density at radius 3 is 1.36 bits per heavy atom. The molecular weight excluding hydrogens is 647 g/mol. The lowest BCUT2D eigenvalue weighted by Crippen LogP contribution is -1.92. The van der Waals surface area contributed by atoms with E-state index < -0.39 is 0 Å². The summed E-state index contributed by atoms with van der Waals surface area (Å²) in [5.74, 6) is 0.617. The minimum absolute atomic E-state index is 0.617. The molecule has 248 valence electrons. The maximum atomic E-state index is 6.41. The first-order valence-electron chi connectivity index (χ1n) is 18.0. The molecule has 0 radical (unpaired) electrons. The number of nitrogens with zero attached hydrogens (tertiary/aromatic N) is 3. The molecule has 0 atom stereocenters. The molecule has 3 heterocycles. The molecule has 0 aliphatic heterocycles. The Morgan fingerprint density at radius 1 is 0.340 bits per heavy atom. The van der Waals surface area contributed by atoms with Crippen molar-refractivity contribution in [2.24, 2.45) is 0 Å². The number of fused-ring (bicyclic) bond motifs is 7. The number of aromatic nitrogens is 3. The zero-order valence-electron chi connectivity index (χ0n) is 28.6. The fourth-order valence-electron chi connectivity index (χ4n) is 8.05. The highest BCUT2D eigenvalue weighted by molar-refractivity contribution is 6.11. The first kappa shape index (κ1) is 29.5. The summed E-state index contributed by atoms with van der Waals surface area (Å²) in [5.41, 5.74) is 14.2. The van der Waals surface area contributed by atoms with Gasteiger partial charge in [-0.25, -0.2) is 4.98 Å². The second-order valence-corrected chi connectivity index (χ2v) is 13.6. The lowest BCUT2D eigenvalue weighted by molar-refractivity contribution is 0.620. The van der Waals surface area contributed by atoms with Crippen LogP contribution in [0.3, 0.4) is 0 Å². The van der Waals surface area contributed by atoms with Crippen LogP contribution in [0, 0.1) is 0 Å². The van der Waals surface area contributed by atoms with E-state index in [9.17, 15) is 0 Å². The van der Waals surface area contributed by atoms with Crippen molar-refractivity contribution in [3.63, 3.8) is 0 Å². The molecular formula is C49H31N3O. The summed E-state index contributed by atoms with van der Waals surface area (Å²) in [7, 11) is 0. The van der Waals surface area contributed by atoms with Crippen LogP contribution in [0.5, 0.6) is 0 Å². The summed E-state index contributed by atoms with van der Waals surface area (Å²) in [4.78, 5) is 4.88. The first-order chi connectivity index (χ1) is 26.3. The van der Waals surface area contributed by atoms with Gasteiger partial charge in [-0.15, -0.1) is 0 Å². The summed E-state index contributed by atoms with van der Waals surface area (Å²) in [6.07, 6.45) is 0. The van der Waals surface area contributed by atoms with Crippen molar-refractivity contribution in [3.8, 4) is 45.1 Å². The molecule has 0 aliphatic carbocycles. The molecule has 53 heavy (non-hydrogen) atoms. The normalized spacial score (nSPS) is 11.8. The van der Waals surface area contributed by atoms with Crippen LogP contribution < -0.4 is 0 Å². The largest absolute Gasteiger partial charge is 0.436 e. The number of hydrogen-bond donors (Lipinski definition) is 0.